The highest BCUT2D eigenvalue weighted by Crippen LogP contribution is 2.32. The van der Waals surface area contributed by atoms with Gasteiger partial charge in [-0.15, -0.1) is 0 Å². The summed E-state index contributed by atoms with van der Waals surface area (Å²) >= 11 is 3.43. The van der Waals surface area contributed by atoms with Gasteiger partial charge in [0, 0.05) is 17.6 Å². The summed E-state index contributed by atoms with van der Waals surface area (Å²) in [4.78, 5) is 14.6. The van der Waals surface area contributed by atoms with Crippen LogP contribution < -0.4 is 10.5 Å². The average Bonchev–Trinajstić information content (AvgIpc) is 2.81. The second kappa shape index (κ2) is 6.36. The van der Waals surface area contributed by atoms with Crippen molar-refractivity contribution in [2.45, 2.75) is 33.3 Å². The Labute approximate surface area is 134 Å². The van der Waals surface area contributed by atoms with Crippen LogP contribution in [0.15, 0.2) is 22.7 Å². The maximum atomic E-state index is 12.8. The highest BCUT2D eigenvalue weighted by Gasteiger charge is 2.35. The number of nitrogens with zero attached hydrogens (tertiary/aromatic N) is 1. The van der Waals surface area contributed by atoms with E-state index in [0.29, 0.717) is 24.4 Å². The summed E-state index contributed by atoms with van der Waals surface area (Å²) in [5.41, 5.74) is 6.47. The van der Waals surface area contributed by atoms with Gasteiger partial charge in [0.25, 0.3) is 5.91 Å². The summed E-state index contributed by atoms with van der Waals surface area (Å²) in [6.07, 6.45) is 0.977. The summed E-state index contributed by atoms with van der Waals surface area (Å²) in [6.45, 7) is 8.11. The topological polar surface area (TPSA) is 55.6 Å². The number of halogens is 1. The summed E-state index contributed by atoms with van der Waals surface area (Å²) in [5, 5.41) is 0. The maximum Gasteiger partial charge on any atom is 0.257 e. The number of nitrogens with two attached hydrogens (primary N) is 1. The van der Waals surface area contributed by atoms with Crippen LogP contribution in [-0.4, -0.2) is 36.5 Å². The van der Waals surface area contributed by atoms with E-state index in [1.807, 2.05) is 36.9 Å². The Morgan fingerprint density at radius 1 is 1.52 bits per heavy atom. The van der Waals surface area contributed by atoms with Gasteiger partial charge < -0.3 is 15.4 Å². The average molecular weight is 355 g/mol. The molecule has 0 aromatic heterocycles. The van der Waals surface area contributed by atoms with E-state index >= 15 is 0 Å². The second-order valence-corrected chi connectivity index (χ2v) is 7.21. The molecule has 1 fully saturated rings. The molecule has 1 aliphatic heterocycles. The van der Waals surface area contributed by atoms with Crippen molar-refractivity contribution < 1.29 is 9.53 Å². The van der Waals surface area contributed by atoms with Gasteiger partial charge in [0.2, 0.25) is 0 Å². The monoisotopic (exact) mass is 354 g/mol. The highest BCUT2D eigenvalue weighted by molar-refractivity contribution is 9.10. The molecule has 1 aromatic rings. The molecular formula is C16H23BrN2O2. The van der Waals surface area contributed by atoms with Crippen LogP contribution in [0.2, 0.25) is 0 Å². The van der Waals surface area contributed by atoms with Gasteiger partial charge in [0.1, 0.15) is 5.75 Å². The molecule has 0 radical (unpaired) electrons. The van der Waals surface area contributed by atoms with E-state index in [4.69, 9.17) is 10.5 Å². The van der Waals surface area contributed by atoms with Crippen molar-refractivity contribution in [1.82, 2.24) is 4.90 Å². The van der Waals surface area contributed by atoms with Crippen molar-refractivity contribution in [3.8, 4) is 5.75 Å². The molecular weight excluding hydrogens is 332 g/mol. The molecule has 0 saturated carbocycles. The molecule has 2 rings (SSSR count). The van der Waals surface area contributed by atoms with E-state index in [9.17, 15) is 4.79 Å². The Kier molecular flexibility index (Phi) is 4.94. The standard InChI is InChI=1S/C16H23BrN2O2/c1-11(2)21-14-8-12(17)4-5-13(14)15(20)19-7-6-16(3,9-18)10-19/h4-5,8,11H,6-7,9-10,18H2,1-3H3. The number of benzene rings is 1. The van der Waals surface area contributed by atoms with Crippen LogP contribution in [0.4, 0.5) is 0 Å². The third-order valence-electron chi connectivity index (χ3n) is 3.87. The van der Waals surface area contributed by atoms with Crippen molar-refractivity contribution in [3.63, 3.8) is 0 Å². The number of carbonyl (C=O) groups excluding carboxylic acids is 1. The van der Waals surface area contributed by atoms with Crippen molar-refractivity contribution in [2.75, 3.05) is 19.6 Å². The lowest BCUT2D eigenvalue weighted by Gasteiger charge is -2.23. The molecule has 4 nitrogen and oxygen atoms in total. The van der Waals surface area contributed by atoms with Gasteiger partial charge in [0.15, 0.2) is 0 Å². The van der Waals surface area contributed by atoms with Crippen LogP contribution in [0.25, 0.3) is 0 Å². The number of rotatable bonds is 4. The largest absolute Gasteiger partial charge is 0.490 e. The number of hydrogen-bond acceptors (Lipinski definition) is 3. The minimum atomic E-state index is 0.0234. The number of likely N-dealkylation sites (tertiary alicyclic amines) is 1. The molecule has 21 heavy (non-hydrogen) atoms. The minimum Gasteiger partial charge on any atom is -0.490 e. The van der Waals surface area contributed by atoms with E-state index in [1.165, 1.54) is 0 Å². The van der Waals surface area contributed by atoms with Gasteiger partial charge in [-0.2, -0.15) is 0 Å². The second-order valence-electron chi connectivity index (χ2n) is 6.30. The third-order valence-corrected chi connectivity index (χ3v) is 4.37. The summed E-state index contributed by atoms with van der Waals surface area (Å²) in [7, 11) is 0. The molecule has 2 N–H and O–H groups in total. The first kappa shape index (κ1) is 16.3. The Morgan fingerprint density at radius 3 is 2.81 bits per heavy atom. The van der Waals surface area contributed by atoms with E-state index < -0.39 is 0 Å². The van der Waals surface area contributed by atoms with Crippen LogP contribution in [0.5, 0.6) is 5.75 Å². The smallest absolute Gasteiger partial charge is 0.257 e. The lowest BCUT2D eigenvalue weighted by Crippen LogP contribution is -2.34. The molecule has 1 amide bonds. The minimum absolute atomic E-state index is 0.0234. The zero-order chi connectivity index (χ0) is 15.6. The fourth-order valence-electron chi connectivity index (χ4n) is 2.56. The predicted molar refractivity (Wildman–Crippen MR) is 87.6 cm³/mol. The van der Waals surface area contributed by atoms with Gasteiger partial charge in [-0.3, -0.25) is 4.79 Å². The van der Waals surface area contributed by atoms with Gasteiger partial charge in [-0.05, 0) is 50.4 Å². The fraction of sp³-hybridized carbons (Fsp3) is 0.562. The Morgan fingerprint density at radius 2 is 2.24 bits per heavy atom. The van der Waals surface area contributed by atoms with E-state index in [1.54, 1.807) is 0 Å². The van der Waals surface area contributed by atoms with Gasteiger partial charge in [-0.25, -0.2) is 0 Å². The van der Waals surface area contributed by atoms with Crippen LogP contribution >= 0.6 is 15.9 Å². The van der Waals surface area contributed by atoms with Crippen molar-refractivity contribution in [2.24, 2.45) is 11.1 Å². The maximum absolute atomic E-state index is 12.8. The molecule has 1 atom stereocenters. The van der Waals surface area contributed by atoms with Crippen molar-refractivity contribution >= 4 is 21.8 Å². The van der Waals surface area contributed by atoms with Crippen molar-refractivity contribution in [3.05, 3.63) is 28.2 Å². The van der Waals surface area contributed by atoms with Crippen LogP contribution in [0.3, 0.4) is 0 Å². The van der Waals surface area contributed by atoms with E-state index in [-0.39, 0.29) is 17.4 Å². The van der Waals surface area contributed by atoms with E-state index in [2.05, 4.69) is 22.9 Å². The quantitative estimate of drug-likeness (QED) is 0.903. The first-order valence-corrected chi connectivity index (χ1v) is 8.09. The fourth-order valence-corrected chi connectivity index (χ4v) is 2.90. The van der Waals surface area contributed by atoms with Crippen molar-refractivity contribution in [1.29, 1.82) is 0 Å². The molecule has 1 aliphatic rings. The summed E-state index contributed by atoms with van der Waals surface area (Å²) < 4.78 is 6.69. The Balaban J connectivity index is 2.23. The lowest BCUT2D eigenvalue weighted by molar-refractivity contribution is 0.0770. The van der Waals surface area contributed by atoms with Crippen LogP contribution in [0.1, 0.15) is 37.6 Å². The molecule has 0 spiro atoms. The molecule has 0 bridgehead atoms. The molecule has 0 aliphatic carbocycles. The van der Waals surface area contributed by atoms with E-state index in [0.717, 1.165) is 17.4 Å². The lowest BCUT2D eigenvalue weighted by atomic mass is 9.90. The Bertz CT molecular complexity index is 533. The highest BCUT2D eigenvalue weighted by atomic mass is 79.9. The molecule has 1 aromatic carbocycles. The zero-order valence-corrected chi connectivity index (χ0v) is 14.4. The molecule has 1 unspecified atom stereocenters. The van der Waals surface area contributed by atoms with Gasteiger partial charge in [0.05, 0.1) is 11.7 Å². The van der Waals surface area contributed by atoms with Gasteiger partial charge >= 0.3 is 0 Å². The first-order chi connectivity index (χ1) is 9.84. The number of carbonyl (C=O) groups is 1. The number of hydrogen-bond donors (Lipinski definition) is 1. The first-order valence-electron chi connectivity index (χ1n) is 7.30. The molecule has 116 valence electrons. The predicted octanol–water partition coefficient (Wildman–Crippen LogP) is 3.05. The normalized spacial score (nSPS) is 21.9. The SMILES string of the molecule is CC(C)Oc1cc(Br)ccc1C(=O)N1CCC(C)(CN)C1. The third kappa shape index (κ3) is 3.77. The zero-order valence-electron chi connectivity index (χ0n) is 12.9. The molecule has 5 heteroatoms. The summed E-state index contributed by atoms with van der Waals surface area (Å²) in [5.74, 6) is 0.654. The van der Waals surface area contributed by atoms with Crippen LogP contribution in [0, 0.1) is 5.41 Å². The van der Waals surface area contributed by atoms with Crippen LogP contribution in [-0.2, 0) is 0 Å². The number of ether oxygens (including phenoxy) is 1. The molecule has 1 heterocycles. The number of amides is 1. The molecule has 1 saturated heterocycles. The summed E-state index contributed by atoms with van der Waals surface area (Å²) in [6, 6.07) is 5.55. The Hall–Kier alpha value is -1.07. The van der Waals surface area contributed by atoms with Gasteiger partial charge in [-0.1, -0.05) is 22.9 Å².